The third-order valence-electron chi connectivity index (χ3n) is 5.17. The van der Waals surface area contributed by atoms with E-state index in [4.69, 9.17) is 4.74 Å². The summed E-state index contributed by atoms with van der Waals surface area (Å²) >= 11 is 0. The van der Waals surface area contributed by atoms with Crippen LogP contribution in [-0.2, 0) is 22.4 Å². The first kappa shape index (κ1) is 14.6. The maximum atomic E-state index is 12.5. The average molecular weight is 288 g/mol. The Bertz CT molecular complexity index is 493. The molecule has 1 aromatic carbocycles. The topological polar surface area (TPSA) is 42.9 Å². The highest BCUT2D eigenvalue weighted by molar-refractivity contribution is 5.75. The van der Waals surface area contributed by atoms with Gasteiger partial charge in [0.05, 0.1) is 19.0 Å². The van der Waals surface area contributed by atoms with Crippen LogP contribution in [0.1, 0.15) is 37.8 Å². The highest BCUT2D eigenvalue weighted by Crippen LogP contribution is 2.32. The van der Waals surface area contributed by atoms with Crippen LogP contribution in [-0.4, -0.2) is 24.7 Å². The number of hydrogen-bond acceptors (Lipinski definition) is 2. The normalized spacial score (nSPS) is 20.3. The molecule has 1 fully saturated rings. The number of hydrogen-bond donors (Lipinski definition) is 1. The summed E-state index contributed by atoms with van der Waals surface area (Å²) in [7, 11) is 0. The Morgan fingerprint density at radius 2 is 1.71 bits per heavy atom. The Hall–Kier alpha value is -1.35. The van der Waals surface area contributed by atoms with Gasteiger partial charge in [0.25, 0.3) is 0 Å². The van der Waals surface area contributed by atoms with Crippen LogP contribution in [0.5, 0.6) is 0 Å². The molecule has 0 amide bonds. The van der Waals surface area contributed by atoms with Crippen molar-refractivity contribution < 1.29 is 14.8 Å². The largest absolute Gasteiger partial charge is 0.459 e. The van der Waals surface area contributed by atoms with Gasteiger partial charge >= 0.3 is 5.97 Å². The Balaban J connectivity index is 1.62. The molecule has 1 aromatic rings. The van der Waals surface area contributed by atoms with E-state index in [1.807, 2.05) is 0 Å². The molecular weight excluding hydrogens is 262 g/mol. The van der Waals surface area contributed by atoms with Gasteiger partial charge in [-0.3, -0.25) is 4.79 Å². The fourth-order valence-corrected chi connectivity index (χ4v) is 3.77. The first-order valence-corrected chi connectivity index (χ1v) is 8.17. The zero-order valence-corrected chi connectivity index (χ0v) is 13.1. The van der Waals surface area contributed by atoms with Gasteiger partial charge in [-0.2, -0.15) is 0 Å². The number of fused-ring (bicyclic) bond motifs is 1. The van der Waals surface area contributed by atoms with E-state index >= 15 is 0 Å². The predicted molar refractivity (Wildman–Crippen MR) is 81.9 cm³/mol. The second-order valence-corrected chi connectivity index (χ2v) is 7.04. The molecule has 1 aliphatic heterocycles. The number of quaternary nitrogens is 1. The summed E-state index contributed by atoms with van der Waals surface area (Å²) in [6.07, 6.45) is 3.96. The smallest absolute Gasteiger partial charge is 0.310 e. The average Bonchev–Trinajstić information content (AvgIpc) is 2.92. The van der Waals surface area contributed by atoms with Crippen LogP contribution in [0.2, 0.25) is 0 Å². The minimum Gasteiger partial charge on any atom is -0.459 e. The van der Waals surface area contributed by atoms with E-state index in [1.54, 1.807) is 0 Å². The van der Waals surface area contributed by atoms with Crippen molar-refractivity contribution in [3.05, 3.63) is 35.4 Å². The van der Waals surface area contributed by atoms with Crippen LogP contribution in [0, 0.1) is 11.8 Å². The highest BCUT2D eigenvalue weighted by atomic mass is 16.6. The van der Waals surface area contributed by atoms with E-state index in [1.165, 1.54) is 11.1 Å². The number of rotatable bonds is 3. The van der Waals surface area contributed by atoms with Gasteiger partial charge in [0.15, 0.2) is 0 Å². The first-order chi connectivity index (χ1) is 10.1. The summed E-state index contributed by atoms with van der Waals surface area (Å²) in [5.74, 6) is 0.498. The molecule has 0 spiro atoms. The molecule has 21 heavy (non-hydrogen) atoms. The van der Waals surface area contributed by atoms with E-state index in [2.05, 4.69) is 43.4 Å². The molecule has 0 atom stereocenters. The maximum absolute atomic E-state index is 12.5. The summed E-state index contributed by atoms with van der Waals surface area (Å²) in [5, 5.41) is 2.35. The van der Waals surface area contributed by atoms with Crippen molar-refractivity contribution in [1.29, 1.82) is 0 Å². The Morgan fingerprint density at radius 1 is 1.14 bits per heavy atom. The fourth-order valence-electron chi connectivity index (χ4n) is 3.77. The summed E-state index contributed by atoms with van der Waals surface area (Å²) < 4.78 is 5.94. The monoisotopic (exact) mass is 288 g/mol. The minimum absolute atomic E-state index is 0.00856. The van der Waals surface area contributed by atoms with Crippen LogP contribution in [0.3, 0.4) is 0 Å². The molecule has 3 heteroatoms. The van der Waals surface area contributed by atoms with E-state index < -0.39 is 0 Å². The summed E-state index contributed by atoms with van der Waals surface area (Å²) in [4.78, 5) is 12.5. The Kier molecular flexibility index (Phi) is 4.03. The Labute approximate surface area is 127 Å². The van der Waals surface area contributed by atoms with Gasteiger partial charge < -0.3 is 10.1 Å². The third-order valence-corrected chi connectivity index (χ3v) is 5.17. The molecular formula is C18H26NO2+. The van der Waals surface area contributed by atoms with E-state index in [-0.39, 0.29) is 17.5 Å². The molecule has 0 saturated carbocycles. The zero-order valence-electron chi connectivity index (χ0n) is 13.1. The van der Waals surface area contributed by atoms with Crippen molar-refractivity contribution in [2.45, 2.75) is 45.1 Å². The predicted octanol–water partition coefficient (Wildman–Crippen LogP) is 1.70. The number of piperidine rings is 1. The van der Waals surface area contributed by atoms with Gasteiger partial charge in [-0.1, -0.05) is 24.3 Å². The quantitative estimate of drug-likeness (QED) is 0.860. The van der Waals surface area contributed by atoms with Crippen LogP contribution in [0.15, 0.2) is 24.3 Å². The van der Waals surface area contributed by atoms with E-state index in [0.717, 1.165) is 38.8 Å². The molecule has 2 aliphatic rings. The molecule has 1 saturated heterocycles. The molecule has 114 valence electrons. The number of benzene rings is 1. The van der Waals surface area contributed by atoms with Crippen molar-refractivity contribution in [2.75, 3.05) is 13.1 Å². The molecule has 0 aromatic heterocycles. The second-order valence-electron chi connectivity index (χ2n) is 7.04. The van der Waals surface area contributed by atoms with Gasteiger partial charge in [-0.05, 0) is 37.8 Å². The number of nitrogens with two attached hydrogens (primary N) is 1. The molecule has 1 heterocycles. The van der Waals surface area contributed by atoms with Gasteiger partial charge in [0.2, 0.25) is 0 Å². The minimum atomic E-state index is -0.333. The maximum Gasteiger partial charge on any atom is 0.310 e. The zero-order chi connectivity index (χ0) is 14.9. The summed E-state index contributed by atoms with van der Waals surface area (Å²) in [5.41, 5.74) is 2.29. The SMILES string of the molecule is CC(C)(OC(=O)C1Cc2ccccc2C1)C1CC[NH2+]CC1. The van der Waals surface area contributed by atoms with Gasteiger partial charge in [0.1, 0.15) is 5.60 Å². The molecule has 0 radical (unpaired) electrons. The second kappa shape index (κ2) is 5.80. The number of carbonyl (C=O) groups is 1. The van der Waals surface area contributed by atoms with Crippen LogP contribution in [0.4, 0.5) is 0 Å². The van der Waals surface area contributed by atoms with Crippen molar-refractivity contribution in [3.63, 3.8) is 0 Å². The van der Waals surface area contributed by atoms with Gasteiger partial charge in [-0.25, -0.2) is 0 Å². The molecule has 1 aliphatic carbocycles. The first-order valence-electron chi connectivity index (χ1n) is 8.17. The lowest BCUT2D eigenvalue weighted by molar-refractivity contribution is -0.665. The molecule has 0 bridgehead atoms. The van der Waals surface area contributed by atoms with Gasteiger partial charge in [0, 0.05) is 18.8 Å². The number of esters is 1. The van der Waals surface area contributed by atoms with Gasteiger partial charge in [-0.15, -0.1) is 0 Å². The van der Waals surface area contributed by atoms with Crippen LogP contribution in [0.25, 0.3) is 0 Å². The standard InChI is InChI=1S/C18H25NO2/c1-18(2,16-7-9-19-10-8-16)21-17(20)15-11-13-5-3-4-6-14(13)12-15/h3-6,15-16,19H,7-12H2,1-2H3/p+1. The van der Waals surface area contributed by atoms with Crippen molar-refractivity contribution in [3.8, 4) is 0 Å². The van der Waals surface area contributed by atoms with Crippen molar-refractivity contribution in [1.82, 2.24) is 0 Å². The Morgan fingerprint density at radius 3 is 2.29 bits per heavy atom. The fraction of sp³-hybridized carbons (Fsp3) is 0.611. The van der Waals surface area contributed by atoms with Crippen molar-refractivity contribution in [2.24, 2.45) is 11.8 Å². The van der Waals surface area contributed by atoms with E-state index in [9.17, 15) is 4.79 Å². The van der Waals surface area contributed by atoms with Crippen molar-refractivity contribution >= 4 is 5.97 Å². The summed E-state index contributed by atoms with van der Waals surface area (Å²) in [6, 6.07) is 8.36. The molecule has 3 nitrogen and oxygen atoms in total. The lowest BCUT2D eigenvalue weighted by Gasteiger charge is -2.36. The number of carbonyl (C=O) groups excluding carboxylic acids is 1. The molecule has 3 rings (SSSR count). The molecule has 2 N–H and O–H groups in total. The number of ether oxygens (including phenoxy) is 1. The lowest BCUT2D eigenvalue weighted by Crippen LogP contribution is -2.86. The highest BCUT2D eigenvalue weighted by Gasteiger charge is 2.38. The lowest BCUT2D eigenvalue weighted by atomic mass is 9.83. The third kappa shape index (κ3) is 3.13. The summed E-state index contributed by atoms with van der Waals surface area (Å²) in [6.45, 7) is 6.48. The van der Waals surface area contributed by atoms with Crippen LogP contribution >= 0.6 is 0 Å². The van der Waals surface area contributed by atoms with Crippen LogP contribution < -0.4 is 5.32 Å². The van der Waals surface area contributed by atoms with E-state index in [0.29, 0.717) is 5.92 Å². The molecule has 0 unspecified atom stereocenters.